The number of morpholine rings is 1. The predicted octanol–water partition coefficient (Wildman–Crippen LogP) is 3.68. The highest BCUT2D eigenvalue weighted by atomic mass is 19.1. The summed E-state index contributed by atoms with van der Waals surface area (Å²) in [5.41, 5.74) is 1.47. The molecule has 138 valence electrons. The second-order valence-corrected chi connectivity index (χ2v) is 7.69. The Morgan fingerprint density at radius 2 is 2.19 bits per heavy atom. The van der Waals surface area contributed by atoms with E-state index in [1.54, 1.807) is 17.0 Å². The van der Waals surface area contributed by atoms with Gasteiger partial charge in [0.2, 0.25) is 0 Å². The summed E-state index contributed by atoms with van der Waals surface area (Å²) in [6.07, 6.45) is 2.21. The van der Waals surface area contributed by atoms with Crippen molar-refractivity contribution in [2.45, 2.75) is 51.3 Å². The maximum atomic E-state index is 14.5. The van der Waals surface area contributed by atoms with Crippen molar-refractivity contribution in [2.75, 3.05) is 13.2 Å². The van der Waals surface area contributed by atoms with Gasteiger partial charge in [0.25, 0.3) is 0 Å². The number of nitriles is 1. The van der Waals surface area contributed by atoms with Crippen LogP contribution in [0.15, 0.2) is 24.3 Å². The van der Waals surface area contributed by atoms with Crippen LogP contribution in [0.1, 0.15) is 38.3 Å². The molecular weight excluding hydrogens is 335 g/mol. The zero-order chi connectivity index (χ0) is 18.9. The molecule has 5 nitrogen and oxygen atoms in total. The summed E-state index contributed by atoms with van der Waals surface area (Å²) in [6.45, 7) is 6.27. The molecule has 2 aliphatic rings. The maximum Gasteiger partial charge on any atom is 0.411 e. The standard InChI is InChI=1S/C20H23FN2O3/c1-20(2,3)26-19(24)23-15-9-14(10-16(23)12-25-11-15)17-5-4-13(6-7-22)8-18(17)21/h4-5,8-9,15-16H,6,10-12H2,1-3H3. The summed E-state index contributed by atoms with van der Waals surface area (Å²) in [7, 11) is 0. The molecule has 3 rings (SSSR count). The van der Waals surface area contributed by atoms with Gasteiger partial charge in [0.05, 0.1) is 37.8 Å². The van der Waals surface area contributed by atoms with Crippen molar-refractivity contribution < 1.29 is 18.7 Å². The molecule has 2 bridgehead atoms. The van der Waals surface area contributed by atoms with Crippen LogP contribution in [0.5, 0.6) is 0 Å². The fraction of sp³-hybridized carbons (Fsp3) is 0.500. The van der Waals surface area contributed by atoms with Gasteiger partial charge in [0, 0.05) is 5.56 Å². The number of carbonyl (C=O) groups is 1. The number of benzene rings is 1. The molecule has 0 aliphatic carbocycles. The second-order valence-electron chi connectivity index (χ2n) is 7.69. The number of nitrogens with zero attached hydrogens (tertiary/aromatic N) is 2. The summed E-state index contributed by atoms with van der Waals surface area (Å²) in [6, 6.07) is 6.47. The van der Waals surface area contributed by atoms with E-state index in [4.69, 9.17) is 14.7 Å². The zero-order valence-corrected chi connectivity index (χ0v) is 15.3. The van der Waals surface area contributed by atoms with E-state index in [0.29, 0.717) is 30.8 Å². The zero-order valence-electron chi connectivity index (χ0n) is 15.3. The average Bonchev–Trinajstić information content (AvgIpc) is 2.52. The normalized spacial score (nSPS) is 22.4. The maximum absolute atomic E-state index is 14.5. The molecule has 2 atom stereocenters. The number of ether oxygens (including phenoxy) is 2. The first-order valence-electron chi connectivity index (χ1n) is 8.74. The van der Waals surface area contributed by atoms with E-state index >= 15 is 0 Å². The minimum Gasteiger partial charge on any atom is -0.444 e. The molecule has 1 aromatic carbocycles. The highest BCUT2D eigenvalue weighted by Gasteiger charge is 2.40. The van der Waals surface area contributed by atoms with Crippen molar-refractivity contribution in [3.63, 3.8) is 0 Å². The van der Waals surface area contributed by atoms with E-state index in [9.17, 15) is 9.18 Å². The Hall–Kier alpha value is -2.39. The molecule has 26 heavy (non-hydrogen) atoms. The van der Waals surface area contributed by atoms with Crippen LogP contribution in [0, 0.1) is 17.1 Å². The summed E-state index contributed by atoms with van der Waals surface area (Å²) in [5, 5.41) is 8.75. The number of hydrogen-bond acceptors (Lipinski definition) is 4. The Bertz CT molecular complexity index is 776. The predicted molar refractivity (Wildman–Crippen MR) is 94.8 cm³/mol. The van der Waals surface area contributed by atoms with Crippen LogP contribution in [0.4, 0.5) is 9.18 Å². The van der Waals surface area contributed by atoms with Gasteiger partial charge in [-0.25, -0.2) is 9.18 Å². The van der Waals surface area contributed by atoms with Crippen molar-refractivity contribution >= 4 is 11.7 Å². The summed E-state index contributed by atoms with van der Waals surface area (Å²) in [5.74, 6) is -0.339. The summed E-state index contributed by atoms with van der Waals surface area (Å²) in [4.78, 5) is 14.3. The smallest absolute Gasteiger partial charge is 0.411 e. The first-order valence-corrected chi connectivity index (χ1v) is 8.74. The molecule has 1 fully saturated rings. The second kappa shape index (κ2) is 7.08. The van der Waals surface area contributed by atoms with Gasteiger partial charge >= 0.3 is 6.09 Å². The fourth-order valence-electron chi connectivity index (χ4n) is 3.42. The van der Waals surface area contributed by atoms with Crippen LogP contribution in [0.2, 0.25) is 0 Å². The number of amides is 1. The van der Waals surface area contributed by atoms with Gasteiger partial charge in [-0.05, 0) is 44.4 Å². The molecule has 1 aromatic rings. The van der Waals surface area contributed by atoms with Gasteiger partial charge in [-0.2, -0.15) is 5.26 Å². The van der Waals surface area contributed by atoms with Gasteiger partial charge in [-0.1, -0.05) is 18.2 Å². The fourth-order valence-corrected chi connectivity index (χ4v) is 3.42. The molecule has 2 aliphatic heterocycles. The van der Waals surface area contributed by atoms with Gasteiger partial charge in [-0.3, -0.25) is 4.90 Å². The van der Waals surface area contributed by atoms with Gasteiger partial charge < -0.3 is 9.47 Å². The average molecular weight is 358 g/mol. The lowest BCUT2D eigenvalue weighted by Crippen LogP contribution is -2.57. The molecule has 1 amide bonds. The van der Waals surface area contributed by atoms with Crippen LogP contribution in [-0.2, 0) is 15.9 Å². The Morgan fingerprint density at radius 3 is 2.81 bits per heavy atom. The Balaban J connectivity index is 1.87. The molecule has 0 spiro atoms. The van der Waals surface area contributed by atoms with Crippen molar-refractivity contribution in [3.05, 3.63) is 41.2 Å². The van der Waals surface area contributed by atoms with Crippen LogP contribution >= 0.6 is 0 Å². The lowest BCUT2D eigenvalue weighted by Gasteiger charge is -2.44. The third-order valence-electron chi connectivity index (χ3n) is 4.47. The number of hydrogen-bond donors (Lipinski definition) is 0. The largest absolute Gasteiger partial charge is 0.444 e. The molecule has 0 saturated carbocycles. The highest BCUT2D eigenvalue weighted by molar-refractivity contribution is 5.75. The highest BCUT2D eigenvalue weighted by Crippen LogP contribution is 2.34. The molecule has 2 unspecified atom stereocenters. The molecule has 6 heteroatoms. The van der Waals surface area contributed by atoms with Crippen molar-refractivity contribution in [1.82, 2.24) is 4.90 Å². The topological polar surface area (TPSA) is 62.6 Å². The summed E-state index contributed by atoms with van der Waals surface area (Å²) < 4.78 is 25.6. The van der Waals surface area contributed by atoms with E-state index in [0.717, 1.165) is 5.57 Å². The molecule has 2 heterocycles. The number of halogens is 1. The number of rotatable bonds is 2. The van der Waals surface area contributed by atoms with Gasteiger partial charge in [0.15, 0.2) is 0 Å². The van der Waals surface area contributed by atoms with E-state index in [1.807, 2.05) is 32.9 Å². The lowest BCUT2D eigenvalue weighted by atomic mass is 9.89. The van der Waals surface area contributed by atoms with Crippen LogP contribution < -0.4 is 0 Å². The SMILES string of the molecule is CC(C)(C)OC(=O)N1C2C=C(c3ccc(CC#N)cc3F)CC1COC2. The first-order chi connectivity index (χ1) is 12.3. The van der Waals surface area contributed by atoms with Crippen molar-refractivity contribution in [1.29, 1.82) is 5.26 Å². The minimum atomic E-state index is -0.571. The van der Waals surface area contributed by atoms with Crippen LogP contribution in [0.3, 0.4) is 0 Å². The van der Waals surface area contributed by atoms with E-state index in [-0.39, 0.29) is 30.4 Å². The van der Waals surface area contributed by atoms with Crippen LogP contribution in [0.25, 0.3) is 5.57 Å². The molecular formula is C20H23FN2O3. The quantitative estimate of drug-likeness (QED) is 0.809. The first kappa shape index (κ1) is 18.4. The van der Waals surface area contributed by atoms with Crippen LogP contribution in [-0.4, -0.2) is 41.9 Å². The van der Waals surface area contributed by atoms with Crippen molar-refractivity contribution in [2.24, 2.45) is 0 Å². The van der Waals surface area contributed by atoms with Crippen molar-refractivity contribution in [3.8, 4) is 6.07 Å². The molecule has 0 radical (unpaired) electrons. The number of fused-ring (bicyclic) bond motifs is 2. The lowest BCUT2D eigenvalue weighted by molar-refractivity contribution is -0.0510. The van der Waals surface area contributed by atoms with E-state index in [2.05, 4.69) is 0 Å². The van der Waals surface area contributed by atoms with Gasteiger partial charge in [0.1, 0.15) is 11.4 Å². The van der Waals surface area contributed by atoms with E-state index < -0.39 is 5.60 Å². The molecule has 0 N–H and O–H groups in total. The third-order valence-corrected chi connectivity index (χ3v) is 4.47. The minimum absolute atomic E-state index is 0.179. The monoisotopic (exact) mass is 358 g/mol. The summed E-state index contributed by atoms with van der Waals surface area (Å²) >= 11 is 0. The molecule has 0 aromatic heterocycles. The molecule has 1 saturated heterocycles. The van der Waals surface area contributed by atoms with Gasteiger partial charge in [-0.15, -0.1) is 0 Å². The Morgan fingerprint density at radius 1 is 1.42 bits per heavy atom. The Kier molecular flexibility index (Phi) is 5.01. The van der Waals surface area contributed by atoms with E-state index in [1.165, 1.54) is 6.07 Å². The number of carbonyl (C=O) groups excluding carboxylic acids is 1. The third kappa shape index (κ3) is 3.88. The Labute approximate surface area is 153 Å².